The lowest BCUT2D eigenvalue weighted by molar-refractivity contribution is -0.300. The lowest BCUT2D eigenvalue weighted by atomic mass is 9.71. The van der Waals surface area contributed by atoms with Crippen LogP contribution >= 0.6 is 0 Å². The molecule has 2 saturated heterocycles. The summed E-state index contributed by atoms with van der Waals surface area (Å²) in [5.74, 6) is -2.07. The highest BCUT2D eigenvalue weighted by Crippen LogP contribution is 2.49. The molecular formula is C41H63NO8Si. The van der Waals surface area contributed by atoms with Crippen LogP contribution in [-0.2, 0) is 33.0 Å². The van der Waals surface area contributed by atoms with Gasteiger partial charge in [0.15, 0.2) is 14.1 Å². The Hall–Kier alpha value is -2.34. The van der Waals surface area contributed by atoms with Gasteiger partial charge in [0, 0.05) is 24.7 Å². The van der Waals surface area contributed by atoms with Gasteiger partial charge in [0.05, 0.1) is 30.6 Å². The number of aliphatic hydroxyl groups is 1. The maximum atomic E-state index is 14.5. The number of ether oxygens (including phenoxy) is 4. The van der Waals surface area contributed by atoms with Gasteiger partial charge in [-0.25, -0.2) is 0 Å². The summed E-state index contributed by atoms with van der Waals surface area (Å²) in [6.45, 7) is 23.7. The van der Waals surface area contributed by atoms with Gasteiger partial charge in [0.25, 0.3) is 0 Å². The van der Waals surface area contributed by atoms with E-state index in [1.54, 1.807) is 7.11 Å². The van der Waals surface area contributed by atoms with Crippen LogP contribution in [0.1, 0.15) is 88.0 Å². The minimum Gasteiger partial charge on any atom is -0.462 e. The molecule has 5 rings (SSSR count). The van der Waals surface area contributed by atoms with E-state index in [1.165, 1.54) is 0 Å². The van der Waals surface area contributed by atoms with Gasteiger partial charge in [-0.2, -0.15) is 0 Å². The van der Waals surface area contributed by atoms with E-state index in [0.29, 0.717) is 30.8 Å². The Morgan fingerprint density at radius 3 is 2.53 bits per heavy atom. The summed E-state index contributed by atoms with van der Waals surface area (Å²) >= 11 is 0. The summed E-state index contributed by atoms with van der Waals surface area (Å²) in [5.41, 5.74) is 1.57. The Kier molecular flexibility index (Phi) is 11.9. The molecule has 284 valence electrons. The highest BCUT2D eigenvalue weighted by atomic mass is 28.4. The Bertz CT molecular complexity index is 1490. The molecule has 1 N–H and O–H groups in total. The van der Waals surface area contributed by atoms with Gasteiger partial charge in [-0.3, -0.25) is 4.79 Å². The first-order chi connectivity index (χ1) is 23.9. The molecule has 0 unspecified atom stereocenters. The highest BCUT2D eigenvalue weighted by Gasteiger charge is 2.61. The van der Waals surface area contributed by atoms with E-state index in [0.717, 1.165) is 23.3 Å². The van der Waals surface area contributed by atoms with Crippen molar-refractivity contribution in [2.24, 2.45) is 28.8 Å². The largest absolute Gasteiger partial charge is 0.462 e. The quantitative estimate of drug-likeness (QED) is 0.132. The van der Waals surface area contributed by atoms with E-state index in [1.807, 2.05) is 44.2 Å². The third-order valence-electron chi connectivity index (χ3n) is 12.3. The molecule has 1 aliphatic carbocycles. The molecule has 2 fully saturated rings. The zero-order valence-electron chi connectivity index (χ0n) is 33.0. The van der Waals surface area contributed by atoms with Crippen molar-refractivity contribution in [3.8, 4) is 0 Å². The van der Waals surface area contributed by atoms with Gasteiger partial charge >= 0.3 is 5.97 Å². The van der Waals surface area contributed by atoms with Crippen LogP contribution in [0.5, 0.6) is 0 Å². The number of hydrogen-bond donors (Lipinski definition) is 1. The minimum atomic E-state index is -2.30. The number of oxime groups is 1. The molecule has 5 aliphatic rings. The second-order valence-electron chi connectivity index (χ2n) is 17.1. The summed E-state index contributed by atoms with van der Waals surface area (Å²) in [4.78, 5) is 19.8. The summed E-state index contributed by atoms with van der Waals surface area (Å²) in [7, 11) is -0.743. The van der Waals surface area contributed by atoms with Crippen molar-refractivity contribution >= 4 is 20.0 Å². The van der Waals surface area contributed by atoms with Crippen LogP contribution in [0.25, 0.3) is 0 Å². The van der Waals surface area contributed by atoms with Crippen LogP contribution in [0, 0.1) is 23.7 Å². The van der Waals surface area contributed by atoms with Crippen molar-refractivity contribution in [3.63, 3.8) is 0 Å². The number of nitrogens with zero attached hydrogens (tertiary/aromatic N) is 1. The van der Waals surface area contributed by atoms with Gasteiger partial charge in [-0.1, -0.05) is 96.5 Å². The van der Waals surface area contributed by atoms with Crippen molar-refractivity contribution in [2.75, 3.05) is 13.7 Å². The Labute approximate surface area is 307 Å². The smallest absolute Gasteiger partial charge is 0.316 e. The fraction of sp³-hybridized carbons (Fsp3) is 0.707. The van der Waals surface area contributed by atoms with E-state index < -0.39 is 49.9 Å². The first kappa shape index (κ1) is 39.9. The fourth-order valence-corrected chi connectivity index (χ4v) is 9.23. The molecule has 0 aromatic heterocycles. The van der Waals surface area contributed by atoms with E-state index >= 15 is 0 Å². The Morgan fingerprint density at radius 1 is 1.14 bits per heavy atom. The first-order valence-corrected chi connectivity index (χ1v) is 21.9. The van der Waals surface area contributed by atoms with Crippen molar-refractivity contribution < 1.29 is 38.1 Å². The predicted molar refractivity (Wildman–Crippen MR) is 203 cm³/mol. The summed E-state index contributed by atoms with van der Waals surface area (Å²) in [6.07, 6.45) is 14.2. The first-order valence-electron chi connectivity index (χ1n) is 19.0. The number of rotatable bonds is 5. The molecular weight excluding hydrogens is 663 g/mol. The van der Waals surface area contributed by atoms with Gasteiger partial charge < -0.3 is 33.3 Å². The predicted octanol–water partition coefficient (Wildman–Crippen LogP) is 7.98. The van der Waals surface area contributed by atoms with E-state index in [-0.39, 0.29) is 35.7 Å². The topological polar surface area (TPSA) is 105 Å². The maximum absolute atomic E-state index is 14.5. The van der Waals surface area contributed by atoms with E-state index in [9.17, 15) is 9.90 Å². The maximum Gasteiger partial charge on any atom is 0.316 e. The van der Waals surface area contributed by atoms with Crippen LogP contribution in [-0.4, -0.2) is 80.7 Å². The fourth-order valence-electron chi connectivity index (χ4n) is 7.94. The van der Waals surface area contributed by atoms with Crippen LogP contribution in [0.15, 0.2) is 64.4 Å². The third-order valence-corrected chi connectivity index (χ3v) is 16.7. The van der Waals surface area contributed by atoms with Crippen LogP contribution in [0.3, 0.4) is 0 Å². The number of esters is 1. The molecule has 0 radical (unpaired) electrons. The molecule has 11 atom stereocenters. The Morgan fingerprint density at radius 2 is 1.86 bits per heavy atom. The van der Waals surface area contributed by atoms with Gasteiger partial charge in [0.2, 0.25) is 0 Å². The molecule has 4 heterocycles. The lowest BCUT2D eigenvalue weighted by Gasteiger charge is -2.49. The highest BCUT2D eigenvalue weighted by molar-refractivity contribution is 6.74. The van der Waals surface area contributed by atoms with E-state index in [4.69, 9.17) is 28.2 Å². The second-order valence-corrected chi connectivity index (χ2v) is 21.9. The lowest BCUT2D eigenvalue weighted by Crippen LogP contribution is -2.60. The van der Waals surface area contributed by atoms with Gasteiger partial charge in [-0.15, -0.1) is 0 Å². The monoisotopic (exact) mass is 725 g/mol. The summed E-state index contributed by atoms with van der Waals surface area (Å²) < 4.78 is 33.5. The molecule has 2 bridgehead atoms. The van der Waals surface area contributed by atoms with Crippen molar-refractivity contribution in [1.29, 1.82) is 0 Å². The zero-order chi connectivity index (χ0) is 37.5. The third kappa shape index (κ3) is 7.97. The SMILES string of the molecule is CC[C@H](C)[C@H]1O[C@]2(C=C[C@@H]1C)C[C@@H]1C[C@@H](C/C=C(C)/C(=N\OC)[C@@H](C)/C=C/C=C3\CO[C@@H]4[C@H](O[Si](C)(C)C(C)(C)C)C(C)=C[C@@H](C(=O)O1)[C@]34O)O2. The van der Waals surface area contributed by atoms with Gasteiger partial charge in [0.1, 0.15) is 30.8 Å². The molecule has 0 aromatic rings. The Balaban J connectivity index is 1.60. The van der Waals surface area contributed by atoms with Crippen LogP contribution in [0.4, 0.5) is 0 Å². The molecule has 51 heavy (non-hydrogen) atoms. The minimum absolute atomic E-state index is 0.0372. The van der Waals surface area contributed by atoms with Crippen molar-refractivity contribution in [3.05, 3.63) is 59.3 Å². The van der Waals surface area contributed by atoms with Gasteiger partial charge in [-0.05, 0) is 67.1 Å². The molecule has 0 amide bonds. The van der Waals surface area contributed by atoms with Crippen molar-refractivity contribution in [1.82, 2.24) is 0 Å². The van der Waals surface area contributed by atoms with Crippen LogP contribution < -0.4 is 0 Å². The molecule has 1 spiro atoms. The summed E-state index contributed by atoms with van der Waals surface area (Å²) in [5, 5.41) is 17.2. The number of hydrogen-bond acceptors (Lipinski definition) is 9. The van der Waals surface area contributed by atoms with Crippen LogP contribution in [0.2, 0.25) is 18.1 Å². The molecule has 4 aliphatic heterocycles. The standard InChI is InChI=1S/C41H63NO8Si/c1-13-25(2)35-28(5)19-20-40(49-35)23-32-22-31(48-40)18-17-27(4)34(42-45-10)26(3)15-14-16-30-24-46-37-36(50-51(11,12)39(7,8)9)29(6)21-33(38(43)47-32)41(30,37)44/h14-17,19-21,25-26,28,31-33,35-37,44H,13,18,22-24H2,1-12H3/b15-14+,27-17+,30-16+,42-34-/t25-,26-,28-,31+,32-,33-,35+,36+,37+,40+,41+/m0/s1. The molecule has 0 aromatic carbocycles. The second kappa shape index (κ2) is 15.2. The normalized spacial score (nSPS) is 41.9. The number of fused-ring (bicyclic) bond motifs is 2. The average Bonchev–Trinajstić information content (AvgIpc) is 3.39. The summed E-state index contributed by atoms with van der Waals surface area (Å²) in [6, 6.07) is 0. The number of carbonyl (C=O) groups is 1. The van der Waals surface area contributed by atoms with Crippen molar-refractivity contribution in [2.45, 2.75) is 148 Å². The zero-order valence-corrected chi connectivity index (χ0v) is 34.0. The molecule has 0 saturated carbocycles. The van der Waals surface area contributed by atoms with E-state index in [2.05, 4.69) is 78.9 Å². The molecule has 9 nitrogen and oxygen atoms in total. The molecule has 10 heteroatoms. The number of carbonyl (C=O) groups excluding carboxylic acids is 1. The average molecular weight is 726 g/mol. The number of allylic oxidation sites excluding steroid dienone is 4.